The van der Waals surface area contributed by atoms with Gasteiger partial charge in [-0.15, -0.1) is 0 Å². The maximum absolute atomic E-state index is 9.56. The highest BCUT2D eigenvalue weighted by Crippen LogP contribution is 2.13. The zero-order valence-corrected chi connectivity index (χ0v) is 8.58. The molecule has 1 aromatic rings. The number of hydrogen-bond acceptors (Lipinski definition) is 4. The lowest BCUT2D eigenvalue weighted by Crippen LogP contribution is -2.31. The monoisotopic (exact) mass is 208 g/mol. The molecule has 0 aromatic heterocycles. The molecule has 1 saturated heterocycles. The summed E-state index contributed by atoms with van der Waals surface area (Å²) in [5.74, 6) is 0. The van der Waals surface area contributed by atoms with Gasteiger partial charge in [-0.05, 0) is 5.56 Å². The van der Waals surface area contributed by atoms with Crippen molar-refractivity contribution in [2.45, 2.75) is 12.8 Å². The number of rotatable bonds is 3. The molecule has 1 atom stereocenters. The molecular weight excluding hydrogens is 192 g/mol. The van der Waals surface area contributed by atoms with Gasteiger partial charge in [0.2, 0.25) is 0 Å². The summed E-state index contributed by atoms with van der Waals surface area (Å²) in [7, 11) is 0. The predicted molar refractivity (Wildman–Crippen MR) is 56.7 cm³/mol. The SMILES string of the molecule is OCN1CN(Cc2ccccc2)CC1O. The predicted octanol–water partition coefficient (Wildman–Crippen LogP) is 0.0299. The molecule has 1 aromatic carbocycles. The average molecular weight is 208 g/mol. The van der Waals surface area contributed by atoms with E-state index in [-0.39, 0.29) is 6.73 Å². The summed E-state index contributed by atoms with van der Waals surface area (Å²) >= 11 is 0. The summed E-state index contributed by atoms with van der Waals surface area (Å²) in [6.45, 7) is 1.93. The maximum atomic E-state index is 9.56. The molecule has 4 nitrogen and oxygen atoms in total. The highest BCUT2D eigenvalue weighted by molar-refractivity contribution is 5.14. The fraction of sp³-hybridized carbons (Fsp3) is 0.455. The molecule has 15 heavy (non-hydrogen) atoms. The normalized spacial score (nSPS) is 23.5. The summed E-state index contributed by atoms with van der Waals surface area (Å²) in [6.07, 6.45) is -0.543. The summed E-state index contributed by atoms with van der Waals surface area (Å²) in [6, 6.07) is 10.1. The number of β-amino-alcohol motifs (C(OH)–C–C–N with tert-alkyl or cyclic N) is 1. The Morgan fingerprint density at radius 2 is 2.00 bits per heavy atom. The Labute approximate surface area is 89.4 Å². The van der Waals surface area contributed by atoms with Gasteiger partial charge in [-0.25, -0.2) is 4.90 Å². The Hall–Kier alpha value is -0.940. The fourth-order valence-corrected chi connectivity index (χ4v) is 1.85. The smallest absolute Gasteiger partial charge is 0.123 e. The largest absolute Gasteiger partial charge is 0.381 e. The van der Waals surface area contributed by atoms with Crippen LogP contribution in [0.3, 0.4) is 0 Å². The van der Waals surface area contributed by atoms with Crippen LogP contribution in [0.5, 0.6) is 0 Å². The molecule has 0 aliphatic carbocycles. The van der Waals surface area contributed by atoms with Crippen molar-refractivity contribution < 1.29 is 10.2 Å². The first-order valence-corrected chi connectivity index (χ1v) is 5.09. The van der Waals surface area contributed by atoms with Gasteiger partial charge >= 0.3 is 0 Å². The first-order valence-electron chi connectivity index (χ1n) is 5.09. The van der Waals surface area contributed by atoms with Crippen molar-refractivity contribution >= 4 is 0 Å². The van der Waals surface area contributed by atoms with Gasteiger partial charge in [0.25, 0.3) is 0 Å². The molecule has 2 rings (SSSR count). The number of hydrogen-bond donors (Lipinski definition) is 2. The summed E-state index contributed by atoms with van der Waals surface area (Å²) < 4.78 is 0. The Morgan fingerprint density at radius 3 is 2.60 bits per heavy atom. The van der Waals surface area contributed by atoms with Gasteiger partial charge in [0.05, 0.1) is 13.4 Å². The van der Waals surface area contributed by atoms with Crippen LogP contribution >= 0.6 is 0 Å². The van der Waals surface area contributed by atoms with Crippen LogP contribution in [0.2, 0.25) is 0 Å². The van der Waals surface area contributed by atoms with E-state index in [2.05, 4.69) is 17.0 Å². The standard InChI is InChI=1S/C11H16N2O2/c14-9-13-8-12(7-11(13)15)6-10-4-2-1-3-5-10/h1-5,11,14-15H,6-9H2. The van der Waals surface area contributed by atoms with Crippen molar-refractivity contribution in [2.75, 3.05) is 19.9 Å². The van der Waals surface area contributed by atoms with Crippen LogP contribution in [0.4, 0.5) is 0 Å². The lowest BCUT2D eigenvalue weighted by molar-refractivity contribution is -0.0103. The lowest BCUT2D eigenvalue weighted by Gasteiger charge is -2.16. The molecule has 1 heterocycles. The van der Waals surface area contributed by atoms with E-state index in [1.807, 2.05) is 18.2 Å². The Bertz CT molecular complexity index is 305. The second-order valence-electron chi connectivity index (χ2n) is 3.85. The Morgan fingerprint density at radius 1 is 1.27 bits per heavy atom. The van der Waals surface area contributed by atoms with Crippen LogP contribution < -0.4 is 0 Å². The third-order valence-corrected chi connectivity index (χ3v) is 2.66. The minimum absolute atomic E-state index is 0.0908. The molecule has 0 bridgehead atoms. The van der Waals surface area contributed by atoms with Crippen LogP contribution in [0.25, 0.3) is 0 Å². The first kappa shape index (κ1) is 10.6. The van der Waals surface area contributed by atoms with Crippen molar-refractivity contribution in [3.05, 3.63) is 35.9 Å². The van der Waals surface area contributed by atoms with E-state index in [1.165, 1.54) is 5.56 Å². The molecule has 2 N–H and O–H groups in total. The molecule has 1 unspecified atom stereocenters. The zero-order valence-electron chi connectivity index (χ0n) is 8.58. The molecule has 0 radical (unpaired) electrons. The van der Waals surface area contributed by atoms with Crippen molar-refractivity contribution in [2.24, 2.45) is 0 Å². The Kier molecular flexibility index (Phi) is 3.33. The average Bonchev–Trinajstić information content (AvgIpc) is 2.60. The number of nitrogens with zero attached hydrogens (tertiary/aromatic N) is 2. The number of benzene rings is 1. The van der Waals surface area contributed by atoms with Gasteiger partial charge in [0.1, 0.15) is 6.23 Å². The summed E-state index contributed by atoms with van der Waals surface area (Å²) in [4.78, 5) is 3.74. The second kappa shape index (κ2) is 4.72. The van der Waals surface area contributed by atoms with Gasteiger partial charge in [0, 0.05) is 13.1 Å². The van der Waals surface area contributed by atoms with Gasteiger partial charge in [-0.1, -0.05) is 30.3 Å². The lowest BCUT2D eigenvalue weighted by atomic mass is 10.2. The molecule has 1 aliphatic heterocycles. The van der Waals surface area contributed by atoms with Gasteiger partial charge in [0.15, 0.2) is 0 Å². The molecule has 82 valence electrons. The third kappa shape index (κ3) is 2.54. The zero-order chi connectivity index (χ0) is 10.7. The summed E-state index contributed by atoms with van der Waals surface area (Å²) in [5, 5.41) is 18.5. The van der Waals surface area contributed by atoms with Crippen LogP contribution in [-0.2, 0) is 6.54 Å². The fourth-order valence-electron chi connectivity index (χ4n) is 1.85. The number of aliphatic hydroxyl groups is 2. The molecule has 1 fully saturated rings. The molecule has 0 amide bonds. The highest BCUT2D eigenvalue weighted by Gasteiger charge is 2.27. The van der Waals surface area contributed by atoms with Crippen molar-refractivity contribution in [1.82, 2.24) is 9.80 Å². The van der Waals surface area contributed by atoms with Gasteiger partial charge in [-0.3, -0.25) is 4.90 Å². The van der Waals surface area contributed by atoms with Crippen LogP contribution in [-0.4, -0.2) is 46.2 Å². The minimum atomic E-state index is -0.543. The van der Waals surface area contributed by atoms with Crippen molar-refractivity contribution in [1.29, 1.82) is 0 Å². The van der Waals surface area contributed by atoms with E-state index in [4.69, 9.17) is 5.11 Å². The Balaban J connectivity index is 1.92. The topological polar surface area (TPSA) is 46.9 Å². The van der Waals surface area contributed by atoms with Gasteiger partial charge in [-0.2, -0.15) is 0 Å². The molecule has 1 aliphatic rings. The highest BCUT2D eigenvalue weighted by atomic mass is 16.3. The second-order valence-corrected chi connectivity index (χ2v) is 3.85. The van der Waals surface area contributed by atoms with E-state index in [0.29, 0.717) is 13.2 Å². The quantitative estimate of drug-likeness (QED) is 0.735. The van der Waals surface area contributed by atoms with Crippen molar-refractivity contribution in [3.8, 4) is 0 Å². The van der Waals surface area contributed by atoms with E-state index >= 15 is 0 Å². The van der Waals surface area contributed by atoms with E-state index in [0.717, 1.165) is 6.54 Å². The van der Waals surface area contributed by atoms with E-state index < -0.39 is 6.23 Å². The number of aliphatic hydroxyl groups excluding tert-OH is 2. The molecule has 4 heteroatoms. The van der Waals surface area contributed by atoms with Gasteiger partial charge < -0.3 is 10.2 Å². The molecule has 0 spiro atoms. The first-order chi connectivity index (χ1) is 7.29. The van der Waals surface area contributed by atoms with Crippen LogP contribution in [0, 0.1) is 0 Å². The third-order valence-electron chi connectivity index (χ3n) is 2.66. The van der Waals surface area contributed by atoms with Crippen LogP contribution in [0.1, 0.15) is 5.56 Å². The maximum Gasteiger partial charge on any atom is 0.123 e. The van der Waals surface area contributed by atoms with E-state index in [9.17, 15) is 5.11 Å². The minimum Gasteiger partial charge on any atom is -0.381 e. The molecular formula is C11H16N2O2. The summed E-state index contributed by atoms with van der Waals surface area (Å²) in [5.41, 5.74) is 1.23. The van der Waals surface area contributed by atoms with Crippen molar-refractivity contribution in [3.63, 3.8) is 0 Å². The van der Waals surface area contributed by atoms with Crippen LogP contribution in [0.15, 0.2) is 30.3 Å². The molecule has 0 saturated carbocycles. The van der Waals surface area contributed by atoms with E-state index in [1.54, 1.807) is 4.90 Å².